The number of hydrogen-bond acceptors (Lipinski definition) is 4. The lowest BCUT2D eigenvalue weighted by Crippen LogP contribution is -2.28. The van der Waals surface area contributed by atoms with E-state index in [1.165, 1.54) is 11.3 Å². The second-order valence-corrected chi connectivity index (χ2v) is 8.13. The van der Waals surface area contributed by atoms with Crippen LogP contribution in [0.4, 0.5) is 5.82 Å². The van der Waals surface area contributed by atoms with Gasteiger partial charge in [0.1, 0.15) is 5.82 Å². The zero-order valence-electron chi connectivity index (χ0n) is 15.0. The van der Waals surface area contributed by atoms with Gasteiger partial charge in [-0.1, -0.05) is 24.6 Å². The number of halogens is 1. The third kappa shape index (κ3) is 3.19. The van der Waals surface area contributed by atoms with Gasteiger partial charge >= 0.3 is 0 Å². The second-order valence-electron chi connectivity index (χ2n) is 6.53. The number of fused-ring (bicyclic) bond motifs is 1. The van der Waals surface area contributed by atoms with Crippen molar-refractivity contribution >= 4 is 40.4 Å². The molecule has 1 aromatic carbocycles. The molecule has 0 spiro atoms. The number of thiophene rings is 1. The predicted molar refractivity (Wildman–Crippen MR) is 107 cm³/mol. The van der Waals surface area contributed by atoms with E-state index in [1.807, 2.05) is 31.2 Å². The Labute approximate surface area is 166 Å². The van der Waals surface area contributed by atoms with Crippen molar-refractivity contribution in [3.63, 3.8) is 0 Å². The fourth-order valence-corrected chi connectivity index (χ4v) is 4.56. The number of rotatable bonds is 4. The minimum atomic E-state index is -0.523. The summed E-state index contributed by atoms with van der Waals surface area (Å²) in [5.41, 5.74) is 2.26. The number of nitrogens with one attached hydrogen (secondary N) is 1. The smallest absolute Gasteiger partial charge is 0.226 e. The van der Waals surface area contributed by atoms with Crippen LogP contribution in [0.25, 0.3) is 5.69 Å². The SMILES string of the molecule is CCc1ccc(C(=O)[C@H]2CC(=O)Nc3c2c(C)nn3-c2cccc(Cl)c2)s1. The van der Waals surface area contributed by atoms with Crippen LogP contribution in [-0.4, -0.2) is 21.5 Å². The topological polar surface area (TPSA) is 64.0 Å². The van der Waals surface area contributed by atoms with Crippen molar-refractivity contribution in [2.24, 2.45) is 0 Å². The Balaban J connectivity index is 1.80. The summed E-state index contributed by atoms with van der Waals surface area (Å²) in [4.78, 5) is 27.4. The molecular weight excluding hydrogens is 382 g/mol. The number of carbonyl (C=O) groups is 2. The monoisotopic (exact) mass is 399 g/mol. The maximum Gasteiger partial charge on any atom is 0.226 e. The van der Waals surface area contributed by atoms with Gasteiger partial charge in [0.25, 0.3) is 0 Å². The fourth-order valence-electron chi connectivity index (χ4n) is 3.44. The predicted octanol–water partition coefficient (Wildman–Crippen LogP) is 4.77. The summed E-state index contributed by atoms with van der Waals surface area (Å²) in [5, 5.41) is 8.05. The van der Waals surface area contributed by atoms with Gasteiger partial charge in [-0.2, -0.15) is 5.10 Å². The Morgan fingerprint density at radius 2 is 2.19 bits per heavy atom. The molecule has 1 atom stereocenters. The van der Waals surface area contributed by atoms with Crippen LogP contribution in [0.15, 0.2) is 36.4 Å². The molecule has 138 valence electrons. The van der Waals surface area contributed by atoms with Crippen molar-refractivity contribution in [2.45, 2.75) is 32.6 Å². The molecule has 3 aromatic rings. The molecule has 0 radical (unpaired) electrons. The van der Waals surface area contributed by atoms with Crippen molar-refractivity contribution in [3.8, 4) is 5.69 Å². The molecule has 27 heavy (non-hydrogen) atoms. The highest BCUT2D eigenvalue weighted by atomic mass is 35.5. The normalized spacial score (nSPS) is 16.1. The average Bonchev–Trinajstić information content (AvgIpc) is 3.25. The number of anilines is 1. The molecule has 1 N–H and O–H groups in total. The summed E-state index contributed by atoms with van der Waals surface area (Å²) < 4.78 is 1.65. The summed E-state index contributed by atoms with van der Waals surface area (Å²) in [6.07, 6.45) is 1.02. The molecule has 0 saturated carbocycles. The van der Waals surface area contributed by atoms with E-state index in [9.17, 15) is 9.59 Å². The van der Waals surface area contributed by atoms with E-state index in [-0.39, 0.29) is 18.1 Å². The van der Waals surface area contributed by atoms with E-state index < -0.39 is 5.92 Å². The number of benzene rings is 1. The largest absolute Gasteiger partial charge is 0.310 e. The lowest BCUT2D eigenvalue weighted by atomic mass is 9.87. The molecule has 0 unspecified atom stereocenters. The van der Waals surface area contributed by atoms with Crippen LogP contribution >= 0.6 is 22.9 Å². The molecule has 0 fully saturated rings. The van der Waals surface area contributed by atoms with Crippen LogP contribution in [0.1, 0.15) is 45.1 Å². The molecule has 0 bridgehead atoms. The van der Waals surface area contributed by atoms with Crippen LogP contribution in [0.5, 0.6) is 0 Å². The van der Waals surface area contributed by atoms with Gasteiger partial charge in [0, 0.05) is 21.9 Å². The molecule has 0 saturated heterocycles. The number of Topliss-reactive ketones (excluding diaryl/α,β-unsaturated/α-hetero) is 1. The standard InChI is InChI=1S/C20H18ClN3O2S/c1-3-14-7-8-16(27-14)19(26)15-10-17(25)22-20-18(15)11(2)23-24(20)13-6-4-5-12(21)9-13/h4-9,15H,3,10H2,1-2H3,(H,22,25)/t15-/m0/s1. The van der Waals surface area contributed by atoms with Crippen molar-refractivity contribution in [3.05, 3.63) is 62.4 Å². The van der Waals surface area contributed by atoms with Gasteiger partial charge in [0.05, 0.1) is 22.2 Å². The zero-order valence-corrected chi connectivity index (χ0v) is 16.5. The third-order valence-electron chi connectivity index (χ3n) is 4.72. The van der Waals surface area contributed by atoms with Gasteiger partial charge < -0.3 is 5.32 Å². The highest BCUT2D eigenvalue weighted by Gasteiger charge is 2.36. The zero-order chi connectivity index (χ0) is 19.1. The van der Waals surface area contributed by atoms with Crippen LogP contribution < -0.4 is 5.32 Å². The highest BCUT2D eigenvalue weighted by molar-refractivity contribution is 7.14. The Kier molecular flexibility index (Phi) is 4.61. The van der Waals surface area contributed by atoms with Crippen LogP contribution in [0.2, 0.25) is 5.02 Å². The van der Waals surface area contributed by atoms with E-state index >= 15 is 0 Å². The van der Waals surface area contributed by atoms with E-state index in [0.29, 0.717) is 15.7 Å². The maximum atomic E-state index is 13.2. The number of hydrogen-bond donors (Lipinski definition) is 1. The molecule has 4 rings (SSSR count). The number of aromatic nitrogens is 2. The first-order valence-corrected chi connectivity index (χ1v) is 9.95. The molecule has 1 aliphatic heterocycles. The maximum absolute atomic E-state index is 13.2. The van der Waals surface area contributed by atoms with E-state index in [2.05, 4.69) is 17.3 Å². The van der Waals surface area contributed by atoms with Crippen LogP contribution in [-0.2, 0) is 11.2 Å². The van der Waals surface area contributed by atoms with Gasteiger partial charge in [-0.05, 0) is 43.7 Å². The number of carbonyl (C=O) groups excluding carboxylic acids is 2. The summed E-state index contributed by atoms with van der Waals surface area (Å²) in [5.74, 6) is -0.178. The van der Waals surface area contributed by atoms with Gasteiger partial charge in [0.2, 0.25) is 5.91 Å². The van der Waals surface area contributed by atoms with Crippen molar-refractivity contribution in [2.75, 3.05) is 5.32 Å². The number of ketones is 1. The molecule has 0 aliphatic carbocycles. The first-order chi connectivity index (χ1) is 13.0. The first-order valence-electron chi connectivity index (χ1n) is 8.76. The summed E-state index contributed by atoms with van der Waals surface area (Å²) in [6, 6.07) is 11.1. The summed E-state index contributed by atoms with van der Waals surface area (Å²) in [7, 11) is 0. The Bertz CT molecular complexity index is 1050. The Morgan fingerprint density at radius 3 is 2.89 bits per heavy atom. The van der Waals surface area contributed by atoms with E-state index in [4.69, 9.17) is 11.6 Å². The summed E-state index contributed by atoms with van der Waals surface area (Å²) >= 11 is 7.60. The number of nitrogens with zero attached hydrogens (tertiary/aromatic N) is 2. The number of aryl methyl sites for hydroxylation is 2. The molecular formula is C20H18ClN3O2S. The van der Waals surface area contributed by atoms with Crippen molar-refractivity contribution in [1.82, 2.24) is 9.78 Å². The third-order valence-corrected chi connectivity index (χ3v) is 6.20. The molecule has 5 nitrogen and oxygen atoms in total. The lowest BCUT2D eigenvalue weighted by molar-refractivity contribution is -0.116. The highest BCUT2D eigenvalue weighted by Crippen LogP contribution is 2.39. The van der Waals surface area contributed by atoms with Gasteiger partial charge in [0.15, 0.2) is 5.78 Å². The fraction of sp³-hybridized carbons (Fsp3) is 0.250. The first kappa shape index (κ1) is 17.9. The molecule has 1 aliphatic rings. The van der Waals surface area contributed by atoms with Crippen molar-refractivity contribution in [1.29, 1.82) is 0 Å². The minimum Gasteiger partial charge on any atom is -0.310 e. The van der Waals surface area contributed by atoms with Crippen molar-refractivity contribution < 1.29 is 9.59 Å². The van der Waals surface area contributed by atoms with Crippen LogP contribution in [0, 0.1) is 6.92 Å². The van der Waals surface area contributed by atoms with E-state index in [1.54, 1.807) is 16.8 Å². The van der Waals surface area contributed by atoms with E-state index in [0.717, 1.165) is 28.2 Å². The Hall–Kier alpha value is -2.44. The quantitative estimate of drug-likeness (QED) is 0.643. The molecule has 3 heterocycles. The van der Waals surface area contributed by atoms with Gasteiger partial charge in [-0.15, -0.1) is 11.3 Å². The second kappa shape index (κ2) is 6.94. The molecule has 7 heteroatoms. The lowest BCUT2D eigenvalue weighted by Gasteiger charge is -2.22. The van der Waals surface area contributed by atoms with Gasteiger partial charge in [-0.25, -0.2) is 4.68 Å². The molecule has 2 aromatic heterocycles. The summed E-state index contributed by atoms with van der Waals surface area (Å²) in [6.45, 7) is 3.93. The van der Waals surface area contributed by atoms with Crippen LogP contribution in [0.3, 0.4) is 0 Å². The minimum absolute atomic E-state index is 0.0236. The van der Waals surface area contributed by atoms with Gasteiger partial charge in [-0.3, -0.25) is 9.59 Å². The molecule has 1 amide bonds. The Morgan fingerprint density at radius 1 is 1.37 bits per heavy atom. The average molecular weight is 400 g/mol. The number of amides is 1.